The van der Waals surface area contributed by atoms with Crippen LogP contribution in [0.25, 0.3) is 11.0 Å². The van der Waals surface area contributed by atoms with Crippen molar-refractivity contribution in [3.05, 3.63) is 18.2 Å². The van der Waals surface area contributed by atoms with Crippen LogP contribution in [0.1, 0.15) is 13.3 Å². The van der Waals surface area contributed by atoms with E-state index < -0.39 is 0 Å². The zero-order valence-electron chi connectivity index (χ0n) is 9.42. The molecule has 0 saturated carbocycles. The minimum absolute atomic E-state index is 0.191. The third-order valence-electron chi connectivity index (χ3n) is 2.65. The second kappa shape index (κ2) is 4.49. The number of phenols is 1. The van der Waals surface area contributed by atoms with Crippen molar-refractivity contribution < 1.29 is 9.84 Å². The van der Waals surface area contributed by atoms with Crippen molar-refractivity contribution in [3.8, 4) is 5.75 Å². The van der Waals surface area contributed by atoms with E-state index in [9.17, 15) is 5.11 Å². The summed E-state index contributed by atoms with van der Waals surface area (Å²) >= 11 is 0. The van der Waals surface area contributed by atoms with E-state index in [1.54, 1.807) is 30.0 Å². The minimum Gasteiger partial charge on any atom is -0.508 e. The molecular weight excluding hydrogens is 206 g/mol. The molecule has 1 unspecified atom stereocenters. The maximum atomic E-state index is 9.40. The molecule has 1 aromatic heterocycles. The van der Waals surface area contributed by atoms with Crippen LogP contribution in [0, 0.1) is 0 Å². The summed E-state index contributed by atoms with van der Waals surface area (Å²) in [5.41, 5.74) is 1.64. The van der Waals surface area contributed by atoms with Crippen LogP contribution in [-0.4, -0.2) is 33.3 Å². The average Bonchev–Trinajstić information content (AvgIpc) is 2.68. The van der Waals surface area contributed by atoms with Gasteiger partial charge in [0.1, 0.15) is 11.3 Å². The van der Waals surface area contributed by atoms with Crippen LogP contribution < -0.4 is 0 Å². The van der Waals surface area contributed by atoms with Crippen LogP contribution in [0.5, 0.6) is 5.75 Å². The van der Waals surface area contributed by atoms with E-state index in [0.29, 0.717) is 0 Å². The number of aromatic nitrogens is 3. The van der Waals surface area contributed by atoms with Gasteiger partial charge in [0.2, 0.25) is 0 Å². The third-order valence-corrected chi connectivity index (χ3v) is 2.65. The largest absolute Gasteiger partial charge is 0.508 e. The number of benzene rings is 1. The summed E-state index contributed by atoms with van der Waals surface area (Å²) in [5, 5.41) is 17.5. The first-order valence-electron chi connectivity index (χ1n) is 5.25. The lowest BCUT2D eigenvalue weighted by atomic mass is 10.2. The highest BCUT2D eigenvalue weighted by Gasteiger charge is 2.06. The molecule has 0 aliphatic carbocycles. The van der Waals surface area contributed by atoms with E-state index in [-0.39, 0.29) is 11.9 Å². The molecule has 5 nitrogen and oxygen atoms in total. The first-order chi connectivity index (χ1) is 7.70. The van der Waals surface area contributed by atoms with Crippen LogP contribution in [-0.2, 0) is 11.3 Å². The number of hydrogen-bond acceptors (Lipinski definition) is 4. The summed E-state index contributed by atoms with van der Waals surface area (Å²) in [5.74, 6) is 0.232. The first-order valence-corrected chi connectivity index (χ1v) is 5.25. The number of aryl methyl sites for hydroxylation is 1. The Balaban J connectivity index is 2.21. The van der Waals surface area contributed by atoms with Gasteiger partial charge in [0.15, 0.2) is 0 Å². The maximum Gasteiger partial charge on any atom is 0.117 e. The van der Waals surface area contributed by atoms with Crippen LogP contribution in [0.3, 0.4) is 0 Å². The topological polar surface area (TPSA) is 60.2 Å². The molecule has 1 N–H and O–H groups in total. The molecule has 0 fully saturated rings. The Morgan fingerprint density at radius 2 is 2.31 bits per heavy atom. The number of methoxy groups -OCH3 is 1. The molecule has 1 aromatic carbocycles. The van der Waals surface area contributed by atoms with Gasteiger partial charge in [-0.05, 0) is 25.5 Å². The molecule has 0 saturated heterocycles. The first kappa shape index (κ1) is 10.9. The summed E-state index contributed by atoms with van der Waals surface area (Å²) in [4.78, 5) is 0. The van der Waals surface area contributed by atoms with Crippen molar-refractivity contribution in [3.63, 3.8) is 0 Å². The molecule has 16 heavy (non-hydrogen) atoms. The number of hydrogen-bond donors (Lipinski definition) is 1. The third kappa shape index (κ3) is 2.14. The monoisotopic (exact) mass is 221 g/mol. The lowest BCUT2D eigenvalue weighted by Gasteiger charge is -2.08. The Labute approximate surface area is 93.6 Å². The summed E-state index contributed by atoms with van der Waals surface area (Å²) in [6, 6.07) is 5.04. The number of rotatable bonds is 4. The standard InChI is InChI=1S/C11H15N3O2/c1-8(16-2)5-6-14-11-7-9(15)3-4-10(11)12-13-14/h3-4,7-8,15H,5-6H2,1-2H3. The predicted molar refractivity (Wildman–Crippen MR) is 60.3 cm³/mol. The van der Waals surface area contributed by atoms with E-state index in [0.717, 1.165) is 24.0 Å². The highest BCUT2D eigenvalue weighted by molar-refractivity contribution is 5.75. The van der Waals surface area contributed by atoms with Gasteiger partial charge in [0, 0.05) is 19.7 Å². The lowest BCUT2D eigenvalue weighted by Crippen LogP contribution is -2.10. The van der Waals surface area contributed by atoms with E-state index in [1.165, 1.54) is 0 Å². The van der Waals surface area contributed by atoms with Crippen molar-refractivity contribution in [2.45, 2.75) is 26.0 Å². The Morgan fingerprint density at radius 1 is 1.50 bits per heavy atom. The second-order valence-electron chi connectivity index (χ2n) is 3.82. The van der Waals surface area contributed by atoms with Gasteiger partial charge in [-0.1, -0.05) is 5.21 Å². The summed E-state index contributed by atoms with van der Waals surface area (Å²) in [7, 11) is 1.69. The molecule has 1 atom stereocenters. The molecule has 86 valence electrons. The zero-order chi connectivity index (χ0) is 11.5. The van der Waals surface area contributed by atoms with Gasteiger partial charge in [-0.3, -0.25) is 0 Å². The Bertz CT molecular complexity index is 481. The molecule has 0 bridgehead atoms. The van der Waals surface area contributed by atoms with Gasteiger partial charge in [-0.2, -0.15) is 0 Å². The van der Waals surface area contributed by atoms with Crippen molar-refractivity contribution in [2.24, 2.45) is 0 Å². The number of nitrogens with zero attached hydrogens (tertiary/aromatic N) is 3. The zero-order valence-corrected chi connectivity index (χ0v) is 9.42. The quantitative estimate of drug-likeness (QED) is 0.851. The van der Waals surface area contributed by atoms with Crippen molar-refractivity contribution in [1.82, 2.24) is 15.0 Å². The van der Waals surface area contributed by atoms with Gasteiger partial charge in [-0.15, -0.1) is 5.10 Å². The fourth-order valence-corrected chi connectivity index (χ4v) is 1.54. The van der Waals surface area contributed by atoms with Crippen LogP contribution in [0.2, 0.25) is 0 Å². The summed E-state index contributed by atoms with van der Waals surface area (Å²) in [6.45, 7) is 2.74. The second-order valence-corrected chi connectivity index (χ2v) is 3.82. The average molecular weight is 221 g/mol. The van der Waals surface area contributed by atoms with E-state index >= 15 is 0 Å². The molecule has 1 heterocycles. The minimum atomic E-state index is 0.191. The van der Waals surface area contributed by atoms with Crippen molar-refractivity contribution in [1.29, 1.82) is 0 Å². The van der Waals surface area contributed by atoms with Crippen molar-refractivity contribution >= 4 is 11.0 Å². The SMILES string of the molecule is COC(C)CCn1nnc2ccc(O)cc21. The normalized spacial score (nSPS) is 13.1. The van der Waals surface area contributed by atoms with E-state index in [4.69, 9.17) is 4.74 Å². The Kier molecular flexibility index (Phi) is 3.05. The fraction of sp³-hybridized carbons (Fsp3) is 0.455. The van der Waals surface area contributed by atoms with E-state index in [1.807, 2.05) is 6.92 Å². The van der Waals surface area contributed by atoms with Crippen LogP contribution in [0.4, 0.5) is 0 Å². The van der Waals surface area contributed by atoms with Gasteiger partial charge >= 0.3 is 0 Å². The highest BCUT2D eigenvalue weighted by Crippen LogP contribution is 2.17. The molecule has 2 aromatic rings. The number of ether oxygens (including phenoxy) is 1. The van der Waals surface area contributed by atoms with Crippen LogP contribution in [0.15, 0.2) is 18.2 Å². The highest BCUT2D eigenvalue weighted by atomic mass is 16.5. The fourth-order valence-electron chi connectivity index (χ4n) is 1.54. The lowest BCUT2D eigenvalue weighted by molar-refractivity contribution is 0.106. The summed E-state index contributed by atoms with van der Waals surface area (Å²) in [6.07, 6.45) is 1.06. The molecule has 5 heteroatoms. The summed E-state index contributed by atoms with van der Waals surface area (Å²) < 4.78 is 6.96. The van der Waals surface area contributed by atoms with Crippen molar-refractivity contribution in [2.75, 3.05) is 7.11 Å². The molecule has 0 spiro atoms. The molecular formula is C11H15N3O2. The number of fused-ring (bicyclic) bond motifs is 1. The van der Waals surface area contributed by atoms with Gasteiger partial charge in [-0.25, -0.2) is 4.68 Å². The Hall–Kier alpha value is -1.62. The number of aromatic hydroxyl groups is 1. The molecule has 0 aliphatic rings. The van der Waals surface area contributed by atoms with Gasteiger partial charge < -0.3 is 9.84 Å². The Morgan fingerprint density at radius 3 is 3.06 bits per heavy atom. The van der Waals surface area contributed by atoms with E-state index in [2.05, 4.69) is 10.3 Å². The molecule has 0 amide bonds. The van der Waals surface area contributed by atoms with Gasteiger partial charge in [0.25, 0.3) is 0 Å². The maximum absolute atomic E-state index is 9.40. The smallest absolute Gasteiger partial charge is 0.117 e. The van der Waals surface area contributed by atoms with Crippen LogP contribution >= 0.6 is 0 Å². The molecule has 0 radical (unpaired) electrons. The molecule has 0 aliphatic heterocycles. The number of phenolic OH excluding ortho intramolecular Hbond substituents is 1. The molecule has 2 rings (SSSR count). The van der Waals surface area contributed by atoms with Gasteiger partial charge in [0.05, 0.1) is 11.6 Å². The predicted octanol–water partition coefficient (Wildman–Crippen LogP) is 1.56.